The van der Waals surface area contributed by atoms with Crippen LogP contribution in [0.1, 0.15) is 39.0 Å². The zero-order valence-corrected chi connectivity index (χ0v) is 16.3. The summed E-state index contributed by atoms with van der Waals surface area (Å²) in [7, 11) is 0. The maximum Gasteiger partial charge on any atom is 0.146 e. The number of nitrogens with two attached hydrogens (primary N) is 2. The molecule has 140 valence electrons. The lowest BCUT2D eigenvalue weighted by atomic mass is 9.74. The molecule has 1 saturated heterocycles. The molecule has 0 unspecified atom stereocenters. The van der Waals surface area contributed by atoms with Crippen molar-refractivity contribution in [1.82, 2.24) is 4.90 Å². The Bertz CT molecular complexity index is 704. The molecule has 0 amide bonds. The summed E-state index contributed by atoms with van der Waals surface area (Å²) in [5.41, 5.74) is 13.5. The second-order valence-electron chi connectivity index (χ2n) is 7.28. The Morgan fingerprint density at radius 2 is 2.04 bits per heavy atom. The van der Waals surface area contributed by atoms with Crippen LogP contribution in [-0.4, -0.2) is 35.8 Å². The fourth-order valence-electron chi connectivity index (χ4n) is 4.10. The molecule has 2 aliphatic rings. The van der Waals surface area contributed by atoms with Gasteiger partial charge in [-0.15, -0.1) is 0 Å². The van der Waals surface area contributed by atoms with E-state index in [2.05, 4.69) is 21.6 Å². The summed E-state index contributed by atoms with van der Waals surface area (Å²) in [4.78, 5) is 12.1. The van der Waals surface area contributed by atoms with Crippen LogP contribution in [-0.2, 0) is 0 Å². The van der Waals surface area contributed by atoms with E-state index in [9.17, 15) is 0 Å². The Hall–Kier alpha value is -1.79. The van der Waals surface area contributed by atoms with Crippen molar-refractivity contribution in [2.75, 3.05) is 18.8 Å². The number of hydrogen-bond acceptors (Lipinski definition) is 6. The first-order valence-corrected chi connectivity index (χ1v) is 10.1. The lowest BCUT2D eigenvalue weighted by Crippen LogP contribution is -2.46. The van der Waals surface area contributed by atoms with Crippen LogP contribution in [0.4, 0.5) is 5.69 Å². The van der Waals surface area contributed by atoms with Crippen molar-refractivity contribution in [3.8, 4) is 0 Å². The van der Waals surface area contributed by atoms with Crippen LogP contribution in [0.3, 0.4) is 0 Å². The van der Waals surface area contributed by atoms with Crippen LogP contribution < -0.4 is 11.5 Å². The minimum atomic E-state index is 0.350. The number of hydrogen-bond donors (Lipinski definition) is 2. The highest BCUT2D eigenvalue weighted by molar-refractivity contribution is 8.14. The number of benzene rings is 1. The van der Waals surface area contributed by atoms with E-state index < -0.39 is 0 Å². The number of rotatable bonds is 4. The van der Waals surface area contributed by atoms with E-state index in [1.165, 1.54) is 19.3 Å². The van der Waals surface area contributed by atoms with Gasteiger partial charge in [0.2, 0.25) is 0 Å². The topological polar surface area (TPSA) is 80.0 Å². The Kier molecular flexibility index (Phi) is 6.04. The maximum atomic E-state index is 6.38. The third-order valence-corrected chi connectivity index (χ3v) is 6.75. The lowest BCUT2D eigenvalue weighted by molar-refractivity contribution is 0.115. The van der Waals surface area contributed by atoms with Gasteiger partial charge in [0.15, 0.2) is 0 Å². The van der Waals surface area contributed by atoms with Crippen LogP contribution >= 0.6 is 11.8 Å². The van der Waals surface area contributed by atoms with Crippen molar-refractivity contribution in [1.29, 1.82) is 0 Å². The third kappa shape index (κ3) is 4.13. The Balaban J connectivity index is 1.63. The van der Waals surface area contributed by atoms with Crippen molar-refractivity contribution in [3.05, 3.63) is 36.3 Å². The lowest BCUT2D eigenvalue weighted by Gasteiger charge is -2.42. The van der Waals surface area contributed by atoms with Gasteiger partial charge < -0.3 is 16.4 Å². The molecular weight excluding hydrogens is 342 g/mol. The van der Waals surface area contributed by atoms with Crippen molar-refractivity contribution < 1.29 is 0 Å². The molecule has 1 aliphatic heterocycles. The number of aliphatic imine (C=N–C) groups is 2. The maximum absolute atomic E-state index is 6.38. The number of nitrogens with zero attached hydrogens (tertiary/aromatic N) is 3. The summed E-state index contributed by atoms with van der Waals surface area (Å²) in [5.74, 6) is 0.840. The minimum Gasteiger partial charge on any atom is -0.398 e. The van der Waals surface area contributed by atoms with Gasteiger partial charge in [-0.2, -0.15) is 0 Å². The quantitative estimate of drug-likeness (QED) is 0.364. The van der Waals surface area contributed by atoms with Gasteiger partial charge in [-0.25, -0.2) is 4.99 Å². The Morgan fingerprint density at radius 1 is 1.31 bits per heavy atom. The summed E-state index contributed by atoms with van der Waals surface area (Å²) in [5, 5.41) is 0.926. The van der Waals surface area contributed by atoms with Gasteiger partial charge >= 0.3 is 0 Å². The molecule has 0 aromatic heterocycles. The van der Waals surface area contributed by atoms with Crippen molar-refractivity contribution in [2.24, 2.45) is 21.1 Å². The third-order valence-electron chi connectivity index (χ3n) is 5.76. The molecule has 26 heavy (non-hydrogen) atoms. The molecule has 1 aromatic carbocycles. The number of likely N-dealkylation sites (tertiary alicyclic amines) is 1. The number of nitrogen functional groups attached to an aromatic ring is 1. The van der Waals surface area contributed by atoms with Gasteiger partial charge in [-0.05, 0) is 56.9 Å². The van der Waals surface area contributed by atoms with E-state index in [1.807, 2.05) is 37.4 Å². The largest absolute Gasteiger partial charge is 0.398 e. The highest BCUT2D eigenvalue weighted by Crippen LogP contribution is 2.45. The molecule has 0 radical (unpaired) electrons. The Labute approximate surface area is 160 Å². The molecule has 2 fully saturated rings. The molecule has 1 aromatic rings. The van der Waals surface area contributed by atoms with E-state index in [-0.39, 0.29) is 0 Å². The van der Waals surface area contributed by atoms with Gasteiger partial charge in [0.05, 0.1) is 11.2 Å². The molecule has 0 bridgehead atoms. The van der Waals surface area contributed by atoms with Crippen LogP contribution in [0.25, 0.3) is 0 Å². The zero-order chi connectivity index (χ0) is 18.6. The van der Waals surface area contributed by atoms with E-state index in [0.29, 0.717) is 11.5 Å². The first-order valence-electron chi connectivity index (χ1n) is 9.28. The average Bonchev–Trinajstić information content (AvgIpc) is 2.99. The summed E-state index contributed by atoms with van der Waals surface area (Å²) in [6.07, 6.45) is 7.81. The zero-order valence-electron chi connectivity index (χ0n) is 15.5. The molecule has 1 atom stereocenters. The Morgan fingerprint density at radius 3 is 2.65 bits per heavy atom. The molecule has 3 rings (SSSR count). The second-order valence-corrected chi connectivity index (χ2v) is 8.52. The first kappa shape index (κ1) is 19.0. The number of piperidine rings is 1. The summed E-state index contributed by atoms with van der Waals surface area (Å²) < 4.78 is 0. The van der Waals surface area contributed by atoms with Crippen LogP contribution in [0.15, 0.2) is 51.2 Å². The molecular formula is C20H29N5S. The van der Waals surface area contributed by atoms with Gasteiger partial charge in [-0.3, -0.25) is 4.99 Å². The minimum absolute atomic E-state index is 0.350. The summed E-state index contributed by atoms with van der Waals surface area (Å²) in [6, 6.07) is 8.19. The van der Waals surface area contributed by atoms with Gasteiger partial charge in [0.25, 0.3) is 0 Å². The van der Waals surface area contributed by atoms with Crippen LogP contribution in [0, 0.1) is 5.41 Å². The van der Waals surface area contributed by atoms with Gasteiger partial charge in [0.1, 0.15) is 5.82 Å². The first-order chi connectivity index (χ1) is 12.5. The average molecular weight is 372 g/mol. The number of para-hydroxylation sites is 1. The smallest absolute Gasteiger partial charge is 0.146 e. The highest BCUT2D eigenvalue weighted by atomic mass is 32.2. The molecule has 1 saturated carbocycles. The number of thioether (sulfide) groups is 1. The summed E-state index contributed by atoms with van der Waals surface area (Å²) in [6.45, 7) is 7.67. The second kappa shape index (κ2) is 8.27. The molecule has 6 heteroatoms. The van der Waals surface area contributed by atoms with E-state index in [4.69, 9.17) is 11.5 Å². The molecule has 5 nitrogen and oxygen atoms in total. The SMILES string of the molecule is C=N/C(=C\N=C(/C)Sc1ccccc1N)N1CCC2(CCC[C@H]2N)CC1. The van der Waals surface area contributed by atoms with Crippen molar-refractivity contribution in [2.45, 2.75) is 50.0 Å². The van der Waals surface area contributed by atoms with E-state index in [1.54, 1.807) is 11.8 Å². The van der Waals surface area contributed by atoms with Crippen LogP contribution in [0.2, 0.25) is 0 Å². The van der Waals surface area contributed by atoms with Crippen LogP contribution in [0.5, 0.6) is 0 Å². The van der Waals surface area contributed by atoms with E-state index >= 15 is 0 Å². The van der Waals surface area contributed by atoms with Crippen molar-refractivity contribution in [3.63, 3.8) is 0 Å². The standard InChI is InChI=1S/C20H29N5S/c1-15(26-17-7-4-3-6-16(17)21)24-14-19(23-2)25-12-10-20(11-13-25)9-5-8-18(20)22/h3-4,6-7,14,18H,2,5,8-13,21-22H2,1H3/b19-14+,24-15+/t18-/m1/s1. The highest BCUT2D eigenvalue weighted by Gasteiger charge is 2.43. The predicted octanol–water partition coefficient (Wildman–Crippen LogP) is 3.87. The molecule has 1 heterocycles. The normalized spacial score (nSPS) is 23.5. The molecule has 1 aliphatic carbocycles. The number of anilines is 1. The molecule has 1 spiro atoms. The van der Waals surface area contributed by atoms with Crippen molar-refractivity contribution >= 4 is 29.2 Å². The monoisotopic (exact) mass is 371 g/mol. The van der Waals surface area contributed by atoms with Gasteiger partial charge in [-0.1, -0.05) is 30.3 Å². The fraction of sp³-hybridized carbons (Fsp3) is 0.500. The molecule has 4 N–H and O–H groups in total. The summed E-state index contributed by atoms with van der Waals surface area (Å²) >= 11 is 1.57. The predicted molar refractivity (Wildman–Crippen MR) is 113 cm³/mol. The van der Waals surface area contributed by atoms with Gasteiger partial charge in [0, 0.05) is 29.7 Å². The van der Waals surface area contributed by atoms with E-state index in [0.717, 1.165) is 47.4 Å². The fourth-order valence-corrected chi connectivity index (χ4v) is 4.85.